The van der Waals surface area contributed by atoms with Gasteiger partial charge in [0.2, 0.25) is 5.95 Å². The molecule has 1 aliphatic rings. The minimum Gasteiger partial charge on any atom is -0.350 e. The van der Waals surface area contributed by atoms with Crippen LogP contribution in [-0.2, 0) is 0 Å². The van der Waals surface area contributed by atoms with Gasteiger partial charge in [-0.05, 0) is 40.4 Å². The van der Waals surface area contributed by atoms with Crippen molar-refractivity contribution in [3.63, 3.8) is 0 Å². The van der Waals surface area contributed by atoms with Gasteiger partial charge in [-0.15, -0.1) is 5.10 Å². The Morgan fingerprint density at radius 1 is 1.53 bits per heavy atom. The highest BCUT2D eigenvalue weighted by Gasteiger charge is 2.33. The second-order valence-electron chi connectivity index (χ2n) is 4.05. The number of pyridine rings is 1. The van der Waals surface area contributed by atoms with Gasteiger partial charge in [0.05, 0.1) is 0 Å². The number of halogens is 1. The monoisotopic (exact) mass is 266 g/mol. The molecule has 1 fully saturated rings. The van der Waals surface area contributed by atoms with Gasteiger partial charge in [0.1, 0.15) is 0 Å². The van der Waals surface area contributed by atoms with Crippen molar-refractivity contribution >= 4 is 27.5 Å². The van der Waals surface area contributed by atoms with Crippen molar-refractivity contribution < 1.29 is 0 Å². The third kappa shape index (κ3) is 1.71. The molecule has 2 aromatic heterocycles. The molecule has 2 aromatic rings. The Morgan fingerprint density at radius 2 is 2.33 bits per heavy atom. The van der Waals surface area contributed by atoms with E-state index in [4.69, 9.17) is 0 Å². The van der Waals surface area contributed by atoms with Gasteiger partial charge in [-0.3, -0.25) is 0 Å². The van der Waals surface area contributed by atoms with Crippen LogP contribution >= 0.6 is 15.9 Å². The smallest absolute Gasteiger partial charge is 0.243 e. The quantitative estimate of drug-likeness (QED) is 0.907. The fourth-order valence-electron chi connectivity index (χ4n) is 1.61. The topological polar surface area (TPSA) is 42.2 Å². The van der Waals surface area contributed by atoms with Gasteiger partial charge in [0, 0.05) is 16.7 Å². The summed E-state index contributed by atoms with van der Waals surface area (Å²) < 4.78 is 2.78. The molecular formula is C10H11BrN4. The number of fused-ring (bicyclic) bond motifs is 1. The summed E-state index contributed by atoms with van der Waals surface area (Å²) in [5.41, 5.74) is 0.869. The maximum atomic E-state index is 4.39. The summed E-state index contributed by atoms with van der Waals surface area (Å²) in [5.74, 6) is 1.48. The zero-order chi connectivity index (χ0) is 10.4. The number of nitrogens with zero attached hydrogens (tertiary/aromatic N) is 3. The third-order valence-corrected chi connectivity index (χ3v) is 3.19. The fourth-order valence-corrected chi connectivity index (χ4v) is 1.93. The second kappa shape index (κ2) is 3.20. The zero-order valence-electron chi connectivity index (χ0n) is 8.31. The Bertz CT molecular complexity index is 507. The first-order chi connectivity index (χ1) is 7.22. The first kappa shape index (κ1) is 9.15. The Hall–Kier alpha value is -1.10. The van der Waals surface area contributed by atoms with Crippen molar-refractivity contribution in [2.24, 2.45) is 5.92 Å². The van der Waals surface area contributed by atoms with Gasteiger partial charge >= 0.3 is 0 Å². The molecular weight excluding hydrogens is 256 g/mol. The normalized spacial score (nSPS) is 24.4. The lowest BCUT2D eigenvalue weighted by Crippen LogP contribution is -2.04. The molecule has 0 bridgehead atoms. The van der Waals surface area contributed by atoms with E-state index < -0.39 is 0 Å². The summed E-state index contributed by atoms with van der Waals surface area (Å²) in [6.45, 7) is 2.23. The fraction of sp³-hybridized carbons (Fsp3) is 0.400. The highest BCUT2D eigenvalue weighted by Crippen LogP contribution is 2.31. The molecule has 4 nitrogen and oxygen atoms in total. The molecule has 0 spiro atoms. The second-order valence-corrected chi connectivity index (χ2v) is 4.96. The molecule has 1 aliphatic carbocycles. The molecule has 15 heavy (non-hydrogen) atoms. The molecule has 2 heterocycles. The molecule has 78 valence electrons. The lowest BCUT2D eigenvalue weighted by Gasteiger charge is -1.95. The van der Waals surface area contributed by atoms with Crippen LogP contribution in [0.4, 0.5) is 5.95 Å². The van der Waals surface area contributed by atoms with Gasteiger partial charge in [0.15, 0.2) is 5.65 Å². The SMILES string of the molecule is CC1CC1Nc1nc2ccc(Br)cn2n1. The predicted molar refractivity (Wildman–Crippen MR) is 61.9 cm³/mol. The van der Waals surface area contributed by atoms with E-state index in [1.807, 2.05) is 18.3 Å². The Labute approximate surface area is 95.8 Å². The van der Waals surface area contributed by atoms with E-state index >= 15 is 0 Å². The van der Waals surface area contributed by atoms with Gasteiger partial charge in [0.25, 0.3) is 0 Å². The predicted octanol–water partition coefficient (Wildman–Crippen LogP) is 2.31. The summed E-state index contributed by atoms with van der Waals surface area (Å²) in [7, 11) is 0. The number of hydrogen-bond donors (Lipinski definition) is 1. The highest BCUT2D eigenvalue weighted by molar-refractivity contribution is 9.10. The molecule has 0 saturated heterocycles. The summed E-state index contributed by atoms with van der Waals surface area (Å²) in [5, 5.41) is 7.67. The largest absolute Gasteiger partial charge is 0.350 e. The Balaban J connectivity index is 1.92. The Morgan fingerprint density at radius 3 is 3.07 bits per heavy atom. The van der Waals surface area contributed by atoms with Crippen molar-refractivity contribution in [3.05, 3.63) is 22.8 Å². The van der Waals surface area contributed by atoms with E-state index in [9.17, 15) is 0 Å². The summed E-state index contributed by atoms with van der Waals surface area (Å²) in [4.78, 5) is 4.39. The number of aromatic nitrogens is 3. The number of rotatable bonds is 2. The van der Waals surface area contributed by atoms with E-state index in [1.165, 1.54) is 6.42 Å². The molecule has 0 aromatic carbocycles. The van der Waals surface area contributed by atoms with Crippen molar-refractivity contribution in [2.45, 2.75) is 19.4 Å². The number of hydrogen-bond acceptors (Lipinski definition) is 3. The van der Waals surface area contributed by atoms with E-state index in [0.29, 0.717) is 6.04 Å². The van der Waals surface area contributed by atoms with Crippen LogP contribution in [0.5, 0.6) is 0 Å². The highest BCUT2D eigenvalue weighted by atomic mass is 79.9. The maximum absolute atomic E-state index is 4.39. The minimum atomic E-state index is 0.561. The summed E-state index contributed by atoms with van der Waals surface area (Å²) >= 11 is 3.41. The molecule has 3 rings (SSSR count). The zero-order valence-corrected chi connectivity index (χ0v) is 9.90. The molecule has 2 atom stereocenters. The first-order valence-electron chi connectivity index (χ1n) is 5.01. The van der Waals surface area contributed by atoms with Crippen molar-refractivity contribution in [1.29, 1.82) is 0 Å². The molecule has 0 amide bonds. The van der Waals surface area contributed by atoms with Crippen LogP contribution in [0, 0.1) is 5.92 Å². The van der Waals surface area contributed by atoms with E-state index in [2.05, 4.69) is 38.3 Å². The standard InChI is InChI=1S/C10H11BrN4/c1-6-4-8(6)12-10-13-9-3-2-7(11)5-15(9)14-10/h2-3,5-6,8H,4H2,1H3,(H,12,14). The number of anilines is 1. The van der Waals surface area contributed by atoms with Crippen LogP contribution in [0.2, 0.25) is 0 Å². The van der Waals surface area contributed by atoms with Crippen molar-refractivity contribution in [3.8, 4) is 0 Å². The summed E-state index contributed by atoms with van der Waals surface area (Å²) in [6, 6.07) is 4.47. The van der Waals surface area contributed by atoms with Crippen LogP contribution in [0.25, 0.3) is 5.65 Å². The van der Waals surface area contributed by atoms with Crippen LogP contribution in [0.1, 0.15) is 13.3 Å². The lowest BCUT2D eigenvalue weighted by atomic mass is 10.5. The average molecular weight is 267 g/mol. The number of nitrogens with one attached hydrogen (secondary N) is 1. The molecule has 2 unspecified atom stereocenters. The van der Waals surface area contributed by atoms with Crippen molar-refractivity contribution in [2.75, 3.05) is 5.32 Å². The van der Waals surface area contributed by atoms with E-state index in [0.717, 1.165) is 22.0 Å². The van der Waals surface area contributed by atoms with Gasteiger partial charge in [-0.1, -0.05) is 6.92 Å². The van der Waals surface area contributed by atoms with Crippen LogP contribution in [0.15, 0.2) is 22.8 Å². The molecule has 0 aliphatic heterocycles. The van der Waals surface area contributed by atoms with E-state index in [1.54, 1.807) is 4.52 Å². The third-order valence-electron chi connectivity index (χ3n) is 2.72. The van der Waals surface area contributed by atoms with Gasteiger partial charge < -0.3 is 5.32 Å². The van der Waals surface area contributed by atoms with Crippen LogP contribution in [0.3, 0.4) is 0 Å². The van der Waals surface area contributed by atoms with Crippen LogP contribution in [-0.4, -0.2) is 20.6 Å². The molecule has 1 saturated carbocycles. The van der Waals surface area contributed by atoms with E-state index in [-0.39, 0.29) is 0 Å². The maximum Gasteiger partial charge on any atom is 0.243 e. The average Bonchev–Trinajstić information content (AvgIpc) is 2.75. The Kier molecular flexibility index (Phi) is 1.95. The molecule has 1 N–H and O–H groups in total. The van der Waals surface area contributed by atoms with Gasteiger partial charge in [-0.2, -0.15) is 4.98 Å². The summed E-state index contributed by atoms with van der Waals surface area (Å²) in [6.07, 6.45) is 3.13. The van der Waals surface area contributed by atoms with Crippen molar-refractivity contribution in [1.82, 2.24) is 14.6 Å². The minimum absolute atomic E-state index is 0.561. The first-order valence-corrected chi connectivity index (χ1v) is 5.80. The van der Waals surface area contributed by atoms with Crippen LogP contribution < -0.4 is 5.32 Å². The molecule has 5 heteroatoms. The lowest BCUT2D eigenvalue weighted by molar-refractivity contribution is 0.901. The molecule has 0 radical (unpaired) electrons. The van der Waals surface area contributed by atoms with Gasteiger partial charge in [-0.25, -0.2) is 4.52 Å².